The van der Waals surface area contributed by atoms with Crippen molar-refractivity contribution in [3.8, 4) is 0 Å². The number of nitrogens with zero attached hydrogens (tertiary/aromatic N) is 2. The molecule has 1 aliphatic rings. The number of sulfone groups is 1. The Morgan fingerprint density at radius 1 is 1.38 bits per heavy atom. The Hall–Kier alpha value is -1.25. The minimum Gasteiger partial charge on any atom is -0.329 e. The van der Waals surface area contributed by atoms with E-state index in [0.717, 1.165) is 0 Å². The van der Waals surface area contributed by atoms with Crippen molar-refractivity contribution < 1.29 is 12.8 Å². The number of benzene rings is 1. The second-order valence-electron chi connectivity index (χ2n) is 5.16. The first kappa shape index (κ1) is 16.1. The van der Waals surface area contributed by atoms with Gasteiger partial charge in [-0.1, -0.05) is 12.1 Å². The number of rotatable bonds is 3. The molecule has 0 bridgehead atoms. The summed E-state index contributed by atoms with van der Waals surface area (Å²) in [5, 5.41) is 6.54. The molecule has 1 N–H and O–H groups in total. The van der Waals surface area contributed by atoms with E-state index in [4.69, 9.17) is 12.2 Å². The molecule has 116 valence electrons. The fourth-order valence-corrected chi connectivity index (χ4v) is 4.49. The summed E-state index contributed by atoms with van der Waals surface area (Å²) < 4.78 is 36.9. The molecule has 1 atom stereocenters. The molecular formula is C13H18FN3O2S2. The molecular weight excluding hydrogens is 313 g/mol. The van der Waals surface area contributed by atoms with Crippen LogP contribution in [-0.4, -0.2) is 55.2 Å². The van der Waals surface area contributed by atoms with Crippen molar-refractivity contribution in [1.82, 2.24) is 10.0 Å². The van der Waals surface area contributed by atoms with Crippen LogP contribution >= 0.6 is 12.2 Å². The van der Waals surface area contributed by atoms with E-state index in [9.17, 15) is 12.8 Å². The van der Waals surface area contributed by atoms with Crippen molar-refractivity contribution in [3.05, 3.63) is 30.1 Å². The Kier molecular flexibility index (Phi) is 4.80. The molecule has 8 heteroatoms. The summed E-state index contributed by atoms with van der Waals surface area (Å²) in [6, 6.07) is 5.99. The van der Waals surface area contributed by atoms with Crippen molar-refractivity contribution >= 4 is 32.9 Å². The van der Waals surface area contributed by atoms with Gasteiger partial charge >= 0.3 is 0 Å². The Morgan fingerprint density at radius 3 is 2.57 bits per heavy atom. The van der Waals surface area contributed by atoms with E-state index in [2.05, 4.69) is 5.32 Å². The van der Waals surface area contributed by atoms with Crippen LogP contribution in [0.25, 0.3) is 0 Å². The second kappa shape index (κ2) is 6.25. The van der Waals surface area contributed by atoms with Gasteiger partial charge in [-0.05, 0) is 30.8 Å². The molecule has 1 fully saturated rings. The van der Waals surface area contributed by atoms with Crippen LogP contribution < -0.4 is 5.32 Å². The van der Waals surface area contributed by atoms with Crippen LogP contribution in [0, 0.1) is 5.82 Å². The van der Waals surface area contributed by atoms with Crippen LogP contribution in [0.4, 0.5) is 10.1 Å². The van der Waals surface area contributed by atoms with Crippen LogP contribution in [0.2, 0.25) is 0 Å². The number of hydrogen-bond acceptors (Lipinski definition) is 4. The molecule has 1 aromatic carbocycles. The van der Waals surface area contributed by atoms with Gasteiger partial charge in [0.1, 0.15) is 5.82 Å². The van der Waals surface area contributed by atoms with Gasteiger partial charge in [0.15, 0.2) is 14.9 Å². The maximum atomic E-state index is 13.7. The predicted molar refractivity (Wildman–Crippen MR) is 85.2 cm³/mol. The molecule has 5 nitrogen and oxygen atoms in total. The number of hydrazine groups is 1. The lowest BCUT2D eigenvalue weighted by Crippen LogP contribution is -2.51. The third-order valence-corrected chi connectivity index (χ3v) is 5.35. The van der Waals surface area contributed by atoms with Crippen LogP contribution in [0.3, 0.4) is 0 Å². The average molecular weight is 331 g/mol. The summed E-state index contributed by atoms with van der Waals surface area (Å²) in [4.78, 5) is 0. The first-order valence-corrected chi connectivity index (χ1v) is 8.75. The zero-order chi connectivity index (χ0) is 15.6. The number of anilines is 1. The van der Waals surface area contributed by atoms with E-state index in [1.807, 2.05) is 0 Å². The van der Waals surface area contributed by atoms with E-state index in [1.54, 1.807) is 42.3 Å². The minimum absolute atomic E-state index is 0.0598. The third kappa shape index (κ3) is 3.90. The topological polar surface area (TPSA) is 52.6 Å². The first-order valence-electron chi connectivity index (χ1n) is 6.52. The zero-order valence-electron chi connectivity index (χ0n) is 11.9. The molecule has 0 unspecified atom stereocenters. The maximum absolute atomic E-state index is 13.7. The lowest BCUT2D eigenvalue weighted by Gasteiger charge is -2.36. The molecule has 0 saturated carbocycles. The highest BCUT2D eigenvalue weighted by molar-refractivity contribution is 7.91. The summed E-state index contributed by atoms with van der Waals surface area (Å²) in [7, 11) is 0.538. The quantitative estimate of drug-likeness (QED) is 0.669. The van der Waals surface area contributed by atoms with Crippen LogP contribution in [0.15, 0.2) is 24.3 Å². The Morgan fingerprint density at radius 2 is 2.05 bits per heavy atom. The van der Waals surface area contributed by atoms with Crippen LogP contribution in [0.5, 0.6) is 0 Å². The number of hydrogen-bond donors (Lipinski definition) is 1. The molecule has 1 aromatic rings. The van der Waals surface area contributed by atoms with Gasteiger partial charge in [-0.3, -0.25) is 5.01 Å². The van der Waals surface area contributed by atoms with Gasteiger partial charge in [-0.25, -0.2) is 17.8 Å². The van der Waals surface area contributed by atoms with Gasteiger partial charge < -0.3 is 5.32 Å². The molecule has 1 heterocycles. The van der Waals surface area contributed by atoms with Crippen LogP contribution in [-0.2, 0) is 9.84 Å². The molecule has 0 amide bonds. The molecule has 21 heavy (non-hydrogen) atoms. The van der Waals surface area contributed by atoms with E-state index in [0.29, 0.717) is 6.42 Å². The highest BCUT2D eigenvalue weighted by Gasteiger charge is 2.34. The Bertz CT molecular complexity index is 634. The van der Waals surface area contributed by atoms with Crippen LogP contribution in [0.1, 0.15) is 6.42 Å². The van der Waals surface area contributed by atoms with Gasteiger partial charge in [0.05, 0.1) is 23.2 Å². The predicted octanol–water partition coefficient (Wildman–Crippen LogP) is 1.49. The van der Waals surface area contributed by atoms with Gasteiger partial charge in [-0.2, -0.15) is 0 Å². The molecule has 0 aliphatic carbocycles. The number of halogens is 1. The summed E-state index contributed by atoms with van der Waals surface area (Å²) in [5.41, 5.74) is 0.273. The Labute approximate surface area is 129 Å². The van der Waals surface area contributed by atoms with Gasteiger partial charge in [0.2, 0.25) is 0 Å². The largest absolute Gasteiger partial charge is 0.329 e. The molecule has 0 radical (unpaired) electrons. The number of para-hydroxylation sites is 1. The van der Waals surface area contributed by atoms with Crippen molar-refractivity contribution in [3.63, 3.8) is 0 Å². The summed E-state index contributed by atoms with van der Waals surface area (Å²) >= 11 is 5.32. The van der Waals surface area contributed by atoms with E-state index in [-0.39, 0.29) is 28.3 Å². The van der Waals surface area contributed by atoms with Gasteiger partial charge in [0, 0.05) is 14.1 Å². The maximum Gasteiger partial charge on any atom is 0.188 e. The molecule has 0 spiro atoms. The highest BCUT2D eigenvalue weighted by Crippen LogP contribution is 2.21. The Balaban J connectivity index is 2.16. The second-order valence-corrected chi connectivity index (χ2v) is 7.77. The fourth-order valence-electron chi connectivity index (χ4n) is 2.38. The monoisotopic (exact) mass is 331 g/mol. The zero-order valence-corrected chi connectivity index (χ0v) is 13.5. The summed E-state index contributed by atoms with van der Waals surface area (Å²) in [5.74, 6) is -0.188. The van der Waals surface area contributed by atoms with Gasteiger partial charge in [0.25, 0.3) is 0 Å². The summed E-state index contributed by atoms with van der Waals surface area (Å²) in [6.45, 7) is 0. The molecule has 0 aromatic heterocycles. The molecule has 2 rings (SSSR count). The van der Waals surface area contributed by atoms with Crippen molar-refractivity contribution in [2.24, 2.45) is 0 Å². The van der Waals surface area contributed by atoms with E-state index in [1.165, 1.54) is 6.07 Å². The third-order valence-electron chi connectivity index (χ3n) is 3.31. The smallest absolute Gasteiger partial charge is 0.188 e. The van der Waals surface area contributed by atoms with Crippen molar-refractivity contribution in [2.75, 3.05) is 30.9 Å². The number of thiocarbonyl (C=S) groups is 1. The van der Waals surface area contributed by atoms with E-state index < -0.39 is 15.7 Å². The minimum atomic E-state index is -3.02. The average Bonchev–Trinajstić information content (AvgIpc) is 2.72. The lowest BCUT2D eigenvalue weighted by atomic mass is 10.2. The molecule has 1 saturated heterocycles. The van der Waals surface area contributed by atoms with E-state index >= 15 is 0 Å². The fraction of sp³-hybridized carbons (Fsp3) is 0.462. The van der Waals surface area contributed by atoms with Crippen molar-refractivity contribution in [2.45, 2.75) is 12.5 Å². The number of nitrogens with one attached hydrogen (secondary N) is 1. The summed E-state index contributed by atoms with van der Waals surface area (Å²) in [6.07, 6.45) is 0.513. The van der Waals surface area contributed by atoms with Gasteiger partial charge in [-0.15, -0.1) is 0 Å². The lowest BCUT2D eigenvalue weighted by molar-refractivity contribution is 0.0757. The normalized spacial score (nSPS) is 20.5. The highest BCUT2D eigenvalue weighted by atomic mass is 32.2. The van der Waals surface area contributed by atoms with Crippen molar-refractivity contribution in [1.29, 1.82) is 0 Å². The standard InChI is InChI=1S/C13H18FN3O2S2/c1-16(2)17(10-7-8-21(18,19)9-10)13(20)15-12-6-4-3-5-11(12)14/h3-6,10H,7-9H2,1-2H3,(H,15,20)/t10-/m1/s1. The molecule has 1 aliphatic heterocycles. The first-order chi connectivity index (χ1) is 9.80. The SMILES string of the molecule is CN(C)N(C(=S)Nc1ccccc1F)[C@@H]1CCS(=O)(=O)C1.